The second-order valence-electron chi connectivity index (χ2n) is 5.32. The third kappa shape index (κ3) is 11.5. The van der Waals surface area contributed by atoms with Crippen LogP contribution in [0.5, 0.6) is 0 Å². The fourth-order valence-electron chi connectivity index (χ4n) is 1.33. The number of rotatable bonds is 7. The molecule has 0 heterocycles. The van der Waals surface area contributed by atoms with Crippen LogP contribution in [0.15, 0.2) is 83.1 Å². The molecule has 0 amide bonds. The fourth-order valence-corrected chi connectivity index (χ4v) is 1.33. The molecule has 0 atom stereocenters. The predicted octanol–water partition coefficient (Wildman–Crippen LogP) is 5.54. The van der Waals surface area contributed by atoms with Crippen molar-refractivity contribution in [3.05, 3.63) is 83.1 Å². The van der Waals surface area contributed by atoms with Crippen LogP contribution in [0.4, 0.5) is 0 Å². The SMILES string of the molecule is CC(C)=C/C=C/C(C)=C/C=C/C=C(C)/C=C/C=C(\C)C(=O)O. The van der Waals surface area contributed by atoms with E-state index in [0.29, 0.717) is 5.57 Å². The molecule has 0 spiro atoms. The van der Waals surface area contributed by atoms with Crippen molar-refractivity contribution in [3.8, 4) is 0 Å². The van der Waals surface area contributed by atoms with Gasteiger partial charge in [0.2, 0.25) is 0 Å². The third-order valence-corrected chi connectivity index (χ3v) is 2.66. The Balaban J connectivity index is 4.54. The van der Waals surface area contributed by atoms with E-state index >= 15 is 0 Å². The van der Waals surface area contributed by atoms with Gasteiger partial charge in [-0.1, -0.05) is 77.5 Å². The van der Waals surface area contributed by atoms with Gasteiger partial charge in [-0.05, 0) is 34.6 Å². The summed E-state index contributed by atoms with van der Waals surface area (Å²) < 4.78 is 0. The van der Waals surface area contributed by atoms with Crippen molar-refractivity contribution in [2.45, 2.75) is 34.6 Å². The Hall–Kier alpha value is -2.35. The summed E-state index contributed by atoms with van der Waals surface area (Å²) in [5.41, 5.74) is 3.82. The van der Waals surface area contributed by atoms with Crippen molar-refractivity contribution in [1.29, 1.82) is 0 Å². The summed E-state index contributed by atoms with van der Waals surface area (Å²) in [6.45, 7) is 9.72. The molecule has 0 aliphatic heterocycles. The molecule has 0 rings (SSSR count). The summed E-state index contributed by atoms with van der Waals surface area (Å²) in [6, 6.07) is 0. The zero-order valence-corrected chi connectivity index (χ0v) is 14.1. The summed E-state index contributed by atoms with van der Waals surface area (Å²) in [4.78, 5) is 10.6. The highest BCUT2D eigenvalue weighted by atomic mass is 16.4. The summed E-state index contributed by atoms with van der Waals surface area (Å²) in [7, 11) is 0. The van der Waals surface area contributed by atoms with E-state index in [1.54, 1.807) is 19.1 Å². The monoisotopic (exact) mass is 298 g/mol. The molecule has 0 saturated carbocycles. The second kappa shape index (κ2) is 11.3. The maximum absolute atomic E-state index is 10.6. The number of carboxylic acids is 1. The van der Waals surface area contributed by atoms with Crippen LogP contribution < -0.4 is 0 Å². The molecule has 0 aliphatic carbocycles. The molecule has 22 heavy (non-hydrogen) atoms. The van der Waals surface area contributed by atoms with Gasteiger partial charge in [0.1, 0.15) is 0 Å². The molecule has 0 fully saturated rings. The summed E-state index contributed by atoms with van der Waals surface area (Å²) in [6.07, 6.45) is 19.3. The molecule has 0 saturated heterocycles. The van der Waals surface area contributed by atoms with Gasteiger partial charge < -0.3 is 5.11 Å². The number of allylic oxidation sites excluding steroid dienone is 13. The standard InChI is InChI=1S/C20H26O2/c1-16(2)10-8-13-17(3)11-6-7-12-18(4)14-9-15-19(5)20(21)22/h6-15H,1-5H3,(H,21,22)/b7-6+,13-8+,14-9+,17-11+,18-12+,19-15+. The van der Waals surface area contributed by atoms with Gasteiger partial charge in [-0.2, -0.15) is 0 Å². The molecule has 0 aromatic carbocycles. The van der Waals surface area contributed by atoms with Gasteiger partial charge in [0.05, 0.1) is 0 Å². The maximum atomic E-state index is 10.6. The highest BCUT2D eigenvalue weighted by Gasteiger charge is 1.95. The molecule has 2 heteroatoms. The minimum Gasteiger partial charge on any atom is -0.478 e. The average Bonchev–Trinajstić information content (AvgIpc) is 2.43. The van der Waals surface area contributed by atoms with E-state index in [1.165, 1.54) is 11.1 Å². The lowest BCUT2D eigenvalue weighted by Gasteiger charge is -1.90. The van der Waals surface area contributed by atoms with Crippen LogP contribution in [0, 0.1) is 0 Å². The van der Waals surface area contributed by atoms with Crippen LogP contribution in [0.1, 0.15) is 34.6 Å². The molecule has 118 valence electrons. The first kappa shape index (κ1) is 19.7. The Morgan fingerprint density at radius 1 is 0.682 bits per heavy atom. The van der Waals surface area contributed by atoms with E-state index in [2.05, 4.69) is 32.9 Å². The Morgan fingerprint density at radius 3 is 1.55 bits per heavy atom. The smallest absolute Gasteiger partial charge is 0.331 e. The largest absolute Gasteiger partial charge is 0.478 e. The molecular formula is C20H26O2. The van der Waals surface area contributed by atoms with Gasteiger partial charge in [0.25, 0.3) is 0 Å². The van der Waals surface area contributed by atoms with E-state index in [1.807, 2.05) is 43.4 Å². The van der Waals surface area contributed by atoms with E-state index in [0.717, 1.165) is 5.57 Å². The minimum absolute atomic E-state index is 0.321. The summed E-state index contributed by atoms with van der Waals surface area (Å²) in [5, 5.41) is 8.72. The zero-order chi connectivity index (χ0) is 17.0. The fraction of sp³-hybridized carbons (Fsp3) is 0.250. The Kier molecular flexibility index (Phi) is 10.1. The summed E-state index contributed by atoms with van der Waals surface area (Å²) in [5.74, 6) is -0.895. The van der Waals surface area contributed by atoms with Crippen LogP contribution in [0.3, 0.4) is 0 Å². The third-order valence-electron chi connectivity index (χ3n) is 2.66. The Bertz CT molecular complexity index is 573. The van der Waals surface area contributed by atoms with Crippen LogP contribution in [-0.2, 0) is 4.79 Å². The van der Waals surface area contributed by atoms with Gasteiger partial charge in [-0.25, -0.2) is 4.79 Å². The van der Waals surface area contributed by atoms with Crippen molar-refractivity contribution < 1.29 is 9.90 Å². The van der Waals surface area contributed by atoms with Crippen LogP contribution in [0.2, 0.25) is 0 Å². The minimum atomic E-state index is -0.895. The molecule has 0 unspecified atom stereocenters. The molecule has 2 nitrogen and oxygen atoms in total. The van der Waals surface area contributed by atoms with Crippen LogP contribution in [-0.4, -0.2) is 11.1 Å². The second-order valence-corrected chi connectivity index (χ2v) is 5.32. The van der Waals surface area contributed by atoms with Crippen LogP contribution >= 0.6 is 0 Å². The average molecular weight is 298 g/mol. The van der Waals surface area contributed by atoms with Gasteiger partial charge >= 0.3 is 5.97 Å². The van der Waals surface area contributed by atoms with Gasteiger partial charge in [-0.15, -0.1) is 0 Å². The highest BCUT2D eigenvalue weighted by Crippen LogP contribution is 2.01. The van der Waals surface area contributed by atoms with E-state index < -0.39 is 5.97 Å². The Labute approximate surface area is 134 Å². The number of aliphatic carboxylic acids is 1. The highest BCUT2D eigenvalue weighted by molar-refractivity contribution is 5.86. The van der Waals surface area contributed by atoms with Crippen molar-refractivity contribution in [2.75, 3.05) is 0 Å². The lowest BCUT2D eigenvalue weighted by atomic mass is 10.2. The summed E-state index contributed by atoms with van der Waals surface area (Å²) >= 11 is 0. The number of hydrogen-bond acceptors (Lipinski definition) is 1. The zero-order valence-electron chi connectivity index (χ0n) is 14.1. The number of carboxylic acid groups (broad SMARTS) is 1. The molecule has 0 aromatic rings. The quantitative estimate of drug-likeness (QED) is 0.494. The van der Waals surface area contributed by atoms with Crippen LogP contribution in [0.25, 0.3) is 0 Å². The van der Waals surface area contributed by atoms with Crippen molar-refractivity contribution >= 4 is 5.97 Å². The van der Waals surface area contributed by atoms with Gasteiger partial charge in [0, 0.05) is 5.57 Å². The Morgan fingerprint density at radius 2 is 1.14 bits per heavy atom. The van der Waals surface area contributed by atoms with Crippen molar-refractivity contribution in [3.63, 3.8) is 0 Å². The first-order valence-electron chi connectivity index (χ1n) is 7.24. The topological polar surface area (TPSA) is 37.3 Å². The van der Waals surface area contributed by atoms with E-state index in [-0.39, 0.29) is 0 Å². The molecular weight excluding hydrogens is 272 g/mol. The predicted molar refractivity (Wildman–Crippen MR) is 95.8 cm³/mol. The molecule has 0 aromatic heterocycles. The first-order valence-corrected chi connectivity index (χ1v) is 7.24. The van der Waals surface area contributed by atoms with Gasteiger partial charge in [0.15, 0.2) is 0 Å². The maximum Gasteiger partial charge on any atom is 0.331 e. The number of carbonyl (C=O) groups is 1. The molecule has 0 bridgehead atoms. The lowest BCUT2D eigenvalue weighted by molar-refractivity contribution is -0.132. The van der Waals surface area contributed by atoms with Crippen molar-refractivity contribution in [2.24, 2.45) is 0 Å². The van der Waals surface area contributed by atoms with Crippen molar-refractivity contribution in [1.82, 2.24) is 0 Å². The molecule has 0 aliphatic rings. The normalized spacial score (nSPS) is 14.3. The lowest BCUT2D eigenvalue weighted by Crippen LogP contribution is -1.94. The first-order chi connectivity index (χ1) is 10.3. The molecule has 1 N–H and O–H groups in total. The molecule has 0 radical (unpaired) electrons. The number of hydrogen-bond donors (Lipinski definition) is 1. The van der Waals surface area contributed by atoms with E-state index in [9.17, 15) is 4.79 Å². The van der Waals surface area contributed by atoms with E-state index in [4.69, 9.17) is 5.11 Å². The van der Waals surface area contributed by atoms with Gasteiger partial charge in [-0.3, -0.25) is 0 Å².